The van der Waals surface area contributed by atoms with Crippen LogP contribution in [-0.2, 0) is 13.0 Å². The van der Waals surface area contributed by atoms with Crippen LogP contribution in [0.25, 0.3) is 0 Å². The standard InChI is InChI=1S/C21H28N2O/c1-2-5-18(6-3-1)7-4-11-22-13-19-8-9-21(16-22)23(14-19)15-20-10-12-24-17-20/h1-3,5-6,10,12,17,19,21H,4,7-9,11,13-16H2/t19-,21+/m1/s1. The zero-order valence-electron chi connectivity index (χ0n) is 14.4. The minimum Gasteiger partial charge on any atom is -0.472 e. The molecule has 1 aromatic carbocycles. The normalized spacial score (nSPS) is 25.0. The highest BCUT2D eigenvalue weighted by Crippen LogP contribution is 2.29. The molecule has 0 spiro atoms. The smallest absolute Gasteiger partial charge is 0.0947 e. The van der Waals surface area contributed by atoms with Gasteiger partial charge in [0.1, 0.15) is 0 Å². The van der Waals surface area contributed by atoms with Crippen molar-refractivity contribution in [2.24, 2.45) is 5.92 Å². The van der Waals surface area contributed by atoms with Crippen molar-refractivity contribution in [3.63, 3.8) is 0 Å². The third-order valence-electron chi connectivity index (χ3n) is 5.65. The Morgan fingerprint density at radius 2 is 1.88 bits per heavy atom. The van der Waals surface area contributed by atoms with E-state index in [0.29, 0.717) is 0 Å². The van der Waals surface area contributed by atoms with Gasteiger partial charge in [-0.05, 0) is 49.8 Å². The Kier molecular flexibility index (Phi) is 5.00. The lowest BCUT2D eigenvalue weighted by Crippen LogP contribution is -2.43. The molecule has 0 saturated carbocycles. The van der Waals surface area contributed by atoms with Crippen LogP contribution in [-0.4, -0.2) is 42.0 Å². The van der Waals surface area contributed by atoms with E-state index in [2.05, 4.69) is 46.2 Å². The molecule has 128 valence electrons. The maximum absolute atomic E-state index is 5.25. The van der Waals surface area contributed by atoms with E-state index in [9.17, 15) is 0 Å². The number of piperidine rings is 1. The van der Waals surface area contributed by atoms with Gasteiger partial charge < -0.3 is 9.32 Å². The van der Waals surface area contributed by atoms with Gasteiger partial charge in [0.25, 0.3) is 0 Å². The van der Waals surface area contributed by atoms with Crippen molar-refractivity contribution in [2.45, 2.75) is 38.3 Å². The SMILES string of the molecule is c1ccc(CCCN2C[C@H]3CC[C@@H](C2)N(Cc2ccoc2)C3)cc1. The van der Waals surface area contributed by atoms with Crippen molar-refractivity contribution in [2.75, 3.05) is 26.2 Å². The van der Waals surface area contributed by atoms with Gasteiger partial charge in [-0.2, -0.15) is 0 Å². The van der Waals surface area contributed by atoms with E-state index >= 15 is 0 Å². The molecule has 3 fully saturated rings. The molecule has 3 saturated heterocycles. The van der Waals surface area contributed by atoms with Crippen molar-refractivity contribution < 1.29 is 4.42 Å². The van der Waals surface area contributed by atoms with Gasteiger partial charge in [-0.25, -0.2) is 0 Å². The Balaban J connectivity index is 1.31. The molecule has 24 heavy (non-hydrogen) atoms. The van der Waals surface area contributed by atoms with Crippen molar-refractivity contribution in [1.29, 1.82) is 0 Å². The first kappa shape index (κ1) is 15.9. The second kappa shape index (κ2) is 7.54. The fourth-order valence-corrected chi connectivity index (χ4v) is 4.42. The van der Waals surface area contributed by atoms with Crippen LogP contribution in [0.1, 0.15) is 30.4 Å². The number of nitrogens with zero attached hydrogens (tertiary/aromatic N) is 2. The zero-order valence-corrected chi connectivity index (χ0v) is 14.4. The third-order valence-corrected chi connectivity index (χ3v) is 5.65. The molecule has 3 heteroatoms. The molecule has 3 aliphatic heterocycles. The molecule has 0 amide bonds. The maximum Gasteiger partial charge on any atom is 0.0947 e. The molecule has 4 heterocycles. The van der Waals surface area contributed by atoms with E-state index in [1.807, 2.05) is 6.26 Å². The van der Waals surface area contributed by atoms with E-state index in [0.717, 1.165) is 18.5 Å². The van der Waals surface area contributed by atoms with E-state index in [-0.39, 0.29) is 0 Å². The molecule has 0 radical (unpaired) electrons. The second-order valence-electron chi connectivity index (χ2n) is 7.51. The quantitative estimate of drug-likeness (QED) is 0.805. The highest BCUT2D eigenvalue weighted by molar-refractivity contribution is 5.14. The zero-order chi connectivity index (χ0) is 16.2. The van der Waals surface area contributed by atoms with E-state index < -0.39 is 0 Å². The van der Waals surface area contributed by atoms with Gasteiger partial charge in [0.05, 0.1) is 12.5 Å². The minimum absolute atomic E-state index is 0.718. The van der Waals surface area contributed by atoms with Crippen LogP contribution < -0.4 is 0 Å². The summed E-state index contributed by atoms with van der Waals surface area (Å²) in [4.78, 5) is 5.41. The van der Waals surface area contributed by atoms with Crippen molar-refractivity contribution in [1.82, 2.24) is 9.80 Å². The summed E-state index contributed by atoms with van der Waals surface area (Å²) in [6.07, 6.45) is 8.92. The van der Waals surface area contributed by atoms with E-state index in [4.69, 9.17) is 4.42 Å². The number of benzene rings is 1. The van der Waals surface area contributed by atoms with Gasteiger partial charge >= 0.3 is 0 Å². The van der Waals surface area contributed by atoms with Gasteiger partial charge in [0, 0.05) is 37.8 Å². The lowest BCUT2D eigenvalue weighted by atomic mass is 9.95. The summed E-state index contributed by atoms with van der Waals surface area (Å²) in [6, 6.07) is 13.7. The van der Waals surface area contributed by atoms with Crippen LogP contribution in [0.5, 0.6) is 0 Å². The van der Waals surface area contributed by atoms with Crippen LogP contribution in [0.4, 0.5) is 0 Å². The molecule has 0 aliphatic carbocycles. The van der Waals surface area contributed by atoms with Gasteiger partial charge in [-0.15, -0.1) is 0 Å². The molecule has 1 aromatic heterocycles. The summed E-state index contributed by atoms with van der Waals surface area (Å²) in [5.41, 5.74) is 2.79. The Bertz CT molecular complexity index is 610. The summed E-state index contributed by atoms with van der Waals surface area (Å²) in [5, 5.41) is 0. The minimum atomic E-state index is 0.718. The monoisotopic (exact) mass is 324 g/mol. The molecule has 0 N–H and O–H groups in total. The van der Waals surface area contributed by atoms with Crippen LogP contribution in [0.3, 0.4) is 0 Å². The van der Waals surface area contributed by atoms with Gasteiger partial charge in [0.15, 0.2) is 0 Å². The second-order valence-corrected chi connectivity index (χ2v) is 7.51. The van der Waals surface area contributed by atoms with E-state index in [1.165, 1.54) is 63.0 Å². The summed E-state index contributed by atoms with van der Waals surface area (Å²) >= 11 is 0. The Hall–Kier alpha value is -1.58. The number of furan rings is 1. The highest BCUT2D eigenvalue weighted by atomic mass is 16.3. The van der Waals surface area contributed by atoms with Crippen molar-refractivity contribution in [3.8, 4) is 0 Å². The average Bonchev–Trinajstić information content (AvgIpc) is 2.96. The van der Waals surface area contributed by atoms with Crippen LogP contribution in [0.15, 0.2) is 53.3 Å². The average molecular weight is 324 g/mol. The van der Waals surface area contributed by atoms with Gasteiger partial charge in [0.2, 0.25) is 0 Å². The van der Waals surface area contributed by atoms with Crippen LogP contribution in [0, 0.1) is 5.92 Å². The third kappa shape index (κ3) is 3.90. The molecule has 5 rings (SSSR count). The molecule has 0 unspecified atom stereocenters. The van der Waals surface area contributed by atoms with Crippen LogP contribution >= 0.6 is 0 Å². The molecule has 2 aromatic rings. The Morgan fingerprint density at radius 3 is 2.71 bits per heavy atom. The van der Waals surface area contributed by atoms with Crippen molar-refractivity contribution >= 4 is 0 Å². The number of fused-ring (bicyclic) bond motifs is 4. The van der Waals surface area contributed by atoms with Crippen LogP contribution in [0.2, 0.25) is 0 Å². The Morgan fingerprint density at radius 1 is 0.958 bits per heavy atom. The fraction of sp³-hybridized carbons (Fsp3) is 0.524. The molecular formula is C21H28N2O. The molecule has 2 atom stereocenters. The van der Waals surface area contributed by atoms with E-state index in [1.54, 1.807) is 6.26 Å². The molecule has 3 aliphatic rings. The fourth-order valence-electron chi connectivity index (χ4n) is 4.42. The predicted molar refractivity (Wildman–Crippen MR) is 96.8 cm³/mol. The summed E-state index contributed by atoms with van der Waals surface area (Å²) in [6.45, 7) is 6.07. The molecule has 3 nitrogen and oxygen atoms in total. The summed E-state index contributed by atoms with van der Waals surface area (Å²) in [7, 11) is 0. The largest absolute Gasteiger partial charge is 0.472 e. The maximum atomic E-state index is 5.25. The Labute approximate surface area is 145 Å². The van der Waals surface area contributed by atoms with Crippen molar-refractivity contribution in [3.05, 3.63) is 60.1 Å². The molecular weight excluding hydrogens is 296 g/mol. The van der Waals surface area contributed by atoms with Gasteiger partial charge in [-0.3, -0.25) is 4.90 Å². The number of aryl methyl sites for hydroxylation is 1. The highest BCUT2D eigenvalue weighted by Gasteiger charge is 2.34. The first-order valence-electron chi connectivity index (χ1n) is 9.38. The molecule has 2 bridgehead atoms. The number of hydrogen-bond donors (Lipinski definition) is 0. The first-order chi connectivity index (χ1) is 11.9. The summed E-state index contributed by atoms with van der Waals surface area (Å²) < 4.78 is 5.25. The van der Waals surface area contributed by atoms with Gasteiger partial charge in [-0.1, -0.05) is 30.3 Å². The first-order valence-corrected chi connectivity index (χ1v) is 9.38. The predicted octanol–water partition coefficient (Wildman–Crippen LogP) is 3.81. The topological polar surface area (TPSA) is 19.6 Å². The lowest BCUT2D eigenvalue weighted by molar-refractivity contribution is 0.123. The summed E-state index contributed by atoms with van der Waals surface area (Å²) in [5.74, 6) is 0.840. The lowest BCUT2D eigenvalue weighted by Gasteiger charge is -2.35. The number of rotatable bonds is 6. The number of hydrogen-bond acceptors (Lipinski definition) is 3.